The summed E-state index contributed by atoms with van der Waals surface area (Å²) in [5.74, 6) is 0. The molecule has 362 valence electrons. The molecular formula is C71H73N. The van der Waals surface area contributed by atoms with E-state index < -0.39 is 0 Å². The van der Waals surface area contributed by atoms with Crippen LogP contribution >= 0.6 is 0 Å². The van der Waals surface area contributed by atoms with Crippen LogP contribution in [0.5, 0.6) is 0 Å². The zero-order chi connectivity index (χ0) is 51.4. The molecule has 0 radical (unpaired) electrons. The van der Waals surface area contributed by atoms with Gasteiger partial charge in [0.15, 0.2) is 0 Å². The standard InChI is InChI=1S/C34H31N.C16H18.3C7H8/c1-24-11-15-28(16-12-24)29-17-20-31(21-18-29)35(30-8-6-5-7-9-30)32-19-14-27(4)34(23-32)33-22-25(2)10-13-26(33)3;1-11-5-7-13(3)15(9-11)16-10-12(2)6-8-14(16)4;3*1-7-5-3-2-4-6-7/h5-23H,1-4H3;5-10H,1-4H3;3*2-6H,1H3. The van der Waals surface area contributed by atoms with Gasteiger partial charge in [0.25, 0.3) is 0 Å². The summed E-state index contributed by atoms with van der Waals surface area (Å²) in [6.45, 7) is 23.6. The molecule has 0 heterocycles. The first-order chi connectivity index (χ1) is 34.7. The second-order valence-electron chi connectivity index (χ2n) is 19.0. The van der Waals surface area contributed by atoms with Gasteiger partial charge in [-0.15, -0.1) is 0 Å². The summed E-state index contributed by atoms with van der Waals surface area (Å²) in [5, 5.41) is 0. The minimum absolute atomic E-state index is 1.14. The Kier molecular flexibility index (Phi) is 19.9. The van der Waals surface area contributed by atoms with E-state index in [0.717, 1.165) is 17.1 Å². The van der Waals surface area contributed by atoms with E-state index in [1.54, 1.807) is 0 Å². The summed E-state index contributed by atoms with van der Waals surface area (Å²) in [7, 11) is 0. The first kappa shape index (κ1) is 53.4. The Morgan fingerprint density at radius 1 is 0.194 bits per heavy atom. The normalized spacial score (nSPS) is 10.2. The number of aryl methyl sites for hydroxylation is 11. The molecule has 1 nitrogen and oxygen atoms in total. The highest BCUT2D eigenvalue weighted by molar-refractivity contribution is 5.83. The van der Waals surface area contributed by atoms with Crippen LogP contribution in [-0.2, 0) is 0 Å². The second-order valence-corrected chi connectivity index (χ2v) is 19.0. The summed E-state index contributed by atoms with van der Waals surface area (Å²) < 4.78 is 0. The molecule has 0 fully saturated rings. The summed E-state index contributed by atoms with van der Waals surface area (Å²) in [5.41, 5.74) is 25.6. The maximum atomic E-state index is 2.34. The lowest BCUT2D eigenvalue weighted by molar-refractivity contribution is 1.27. The molecule has 10 rings (SSSR count). The number of para-hydroxylation sites is 1. The summed E-state index contributed by atoms with van der Waals surface area (Å²) in [6, 6.07) is 85.8. The van der Waals surface area contributed by atoms with Gasteiger partial charge in [-0.25, -0.2) is 0 Å². The van der Waals surface area contributed by atoms with E-state index in [9.17, 15) is 0 Å². The third-order valence-corrected chi connectivity index (χ3v) is 12.6. The Bertz CT molecular complexity index is 3050. The molecule has 0 atom stereocenters. The number of hydrogen-bond donors (Lipinski definition) is 0. The molecule has 10 aromatic rings. The van der Waals surface area contributed by atoms with E-state index in [1.165, 1.54) is 94.6 Å². The van der Waals surface area contributed by atoms with Crippen LogP contribution in [-0.4, -0.2) is 0 Å². The van der Waals surface area contributed by atoms with Crippen molar-refractivity contribution in [3.05, 3.63) is 304 Å². The summed E-state index contributed by atoms with van der Waals surface area (Å²) in [4.78, 5) is 2.34. The van der Waals surface area contributed by atoms with Crippen LogP contribution in [0, 0.1) is 76.2 Å². The molecule has 0 aromatic heterocycles. The van der Waals surface area contributed by atoms with Crippen LogP contribution in [0.4, 0.5) is 17.1 Å². The smallest absolute Gasteiger partial charge is 0.0467 e. The van der Waals surface area contributed by atoms with Crippen molar-refractivity contribution < 1.29 is 0 Å². The molecule has 0 N–H and O–H groups in total. The average molecular weight is 940 g/mol. The highest BCUT2D eigenvalue weighted by Gasteiger charge is 2.16. The van der Waals surface area contributed by atoms with Crippen LogP contribution in [0.25, 0.3) is 33.4 Å². The minimum Gasteiger partial charge on any atom is -0.310 e. The fraction of sp³-hybridized carbons (Fsp3) is 0.155. The maximum absolute atomic E-state index is 2.34. The van der Waals surface area contributed by atoms with Crippen LogP contribution in [0.15, 0.2) is 243 Å². The molecule has 72 heavy (non-hydrogen) atoms. The van der Waals surface area contributed by atoms with Crippen molar-refractivity contribution in [3.63, 3.8) is 0 Å². The molecule has 0 aliphatic carbocycles. The molecule has 0 aliphatic heterocycles. The Morgan fingerprint density at radius 2 is 0.444 bits per heavy atom. The number of nitrogens with zero attached hydrogens (tertiary/aromatic N) is 1. The van der Waals surface area contributed by atoms with Crippen molar-refractivity contribution in [3.8, 4) is 33.4 Å². The van der Waals surface area contributed by atoms with E-state index in [1.807, 2.05) is 54.6 Å². The third-order valence-electron chi connectivity index (χ3n) is 12.6. The van der Waals surface area contributed by atoms with Gasteiger partial charge in [-0.3, -0.25) is 0 Å². The molecule has 0 saturated heterocycles. The van der Waals surface area contributed by atoms with E-state index in [4.69, 9.17) is 0 Å². The lowest BCUT2D eigenvalue weighted by Crippen LogP contribution is -2.10. The van der Waals surface area contributed by atoms with Crippen molar-refractivity contribution >= 4 is 17.1 Å². The highest BCUT2D eigenvalue weighted by Crippen LogP contribution is 2.39. The van der Waals surface area contributed by atoms with Gasteiger partial charge in [-0.2, -0.15) is 0 Å². The molecule has 1 heteroatoms. The van der Waals surface area contributed by atoms with E-state index in [-0.39, 0.29) is 0 Å². The van der Waals surface area contributed by atoms with Crippen LogP contribution in [0.1, 0.15) is 61.2 Å². The van der Waals surface area contributed by atoms with Crippen molar-refractivity contribution in [2.45, 2.75) is 76.2 Å². The molecule has 10 aromatic carbocycles. The minimum atomic E-state index is 1.14. The number of benzene rings is 10. The molecule has 0 aliphatic rings. The zero-order valence-corrected chi connectivity index (χ0v) is 44.5. The van der Waals surface area contributed by atoms with Gasteiger partial charge in [0.05, 0.1) is 0 Å². The van der Waals surface area contributed by atoms with Crippen molar-refractivity contribution in [2.24, 2.45) is 0 Å². The van der Waals surface area contributed by atoms with Crippen LogP contribution < -0.4 is 4.90 Å². The van der Waals surface area contributed by atoms with Gasteiger partial charge in [0.1, 0.15) is 0 Å². The summed E-state index contributed by atoms with van der Waals surface area (Å²) >= 11 is 0. The maximum Gasteiger partial charge on any atom is 0.0467 e. The van der Waals surface area contributed by atoms with Crippen molar-refractivity contribution in [1.82, 2.24) is 0 Å². The lowest BCUT2D eigenvalue weighted by atomic mass is 9.94. The van der Waals surface area contributed by atoms with Gasteiger partial charge in [0, 0.05) is 17.1 Å². The van der Waals surface area contributed by atoms with E-state index >= 15 is 0 Å². The highest BCUT2D eigenvalue weighted by atomic mass is 15.1. The van der Waals surface area contributed by atoms with Gasteiger partial charge < -0.3 is 4.90 Å². The Labute approximate surface area is 433 Å². The predicted molar refractivity (Wildman–Crippen MR) is 315 cm³/mol. The fourth-order valence-corrected chi connectivity index (χ4v) is 8.29. The third kappa shape index (κ3) is 16.0. The predicted octanol–water partition coefficient (Wildman–Crippen LogP) is 20.3. The Balaban J connectivity index is 0.000000185. The average Bonchev–Trinajstić information content (AvgIpc) is 3.39. The van der Waals surface area contributed by atoms with E-state index in [0.29, 0.717) is 0 Å². The topological polar surface area (TPSA) is 3.24 Å². The van der Waals surface area contributed by atoms with Gasteiger partial charge >= 0.3 is 0 Å². The van der Waals surface area contributed by atoms with Crippen LogP contribution in [0.3, 0.4) is 0 Å². The summed E-state index contributed by atoms with van der Waals surface area (Å²) in [6.07, 6.45) is 0. The fourth-order valence-electron chi connectivity index (χ4n) is 8.29. The molecule has 0 amide bonds. The first-order valence-electron chi connectivity index (χ1n) is 25.2. The number of rotatable bonds is 6. The van der Waals surface area contributed by atoms with Gasteiger partial charge in [-0.1, -0.05) is 245 Å². The Morgan fingerprint density at radius 3 is 0.778 bits per heavy atom. The second kappa shape index (κ2) is 26.8. The quantitative estimate of drug-likeness (QED) is 0.161. The number of anilines is 3. The molecule has 0 unspecified atom stereocenters. The van der Waals surface area contributed by atoms with Gasteiger partial charge in [0.2, 0.25) is 0 Å². The van der Waals surface area contributed by atoms with E-state index in [2.05, 4.69) is 269 Å². The largest absolute Gasteiger partial charge is 0.310 e. The Hall–Kier alpha value is -8.00. The van der Waals surface area contributed by atoms with Gasteiger partial charge in [-0.05, 0) is 168 Å². The monoisotopic (exact) mass is 940 g/mol. The SMILES string of the molecule is Cc1ccc(-c2ccc(N(c3ccccc3)c3ccc(C)c(-c4cc(C)ccc4C)c3)cc2)cc1.Cc1ccc(C)c(-c2cc(C)ccc2C)c1.Cc1ccccc1.Cc1ccccc1.Cc1ccccc1. The van der Waals surface area contributed by atoms with Crippen molar-refractivity contribution in [1.29, 1.82) is 0 Å². The molecule has 0 bridgehead atoms. The molecular weight excluding hydrogens is 867 g/mol. The number of hydrogen-bond acceptors (Lipinski definition) is 1. The van der Waals surface area contributed by atoms with Crippen LogP contribution in [0.2, 0.25) is 0 Å². The lowest BCUT2D eigenvalue weighted by Gasteiger charge is -2.27. The first-order valence-corrected chi connectivity index (χ1v) is 25.2. The molecule has 0 spiro atoms. The molecule has 0 saturated carbocycles. The van der Waals surface area contributed by atoms with Crippen molar-refractivity contribution in [2.75, 3.05) is 4.90 Å². The zero-order valence-electron chi connectivity index (χ0n) is 44.5.